The van der Waals surface area contributed by atoms with Crippen molar-refractivity contribution < 1.29 is 28.6 Å². The standard InChI is InChI=1S/C47H70N4O6/c1-9-11-12-13-14-15-16-17-18-19-20-21-22-23-24-28-44(52)55-33-39(29-40-30-48-34-50(40)8)41(10-2)45(53)56-32-38-26-25-27-42(36(38)3)37(4)43-31-51(35-49-43)46(54)57-47(5,6)7/h14-15,17-18,25-27,30-31,34-35,37,39,41H,9-13,16,19-24,28-29,32-33H2,1-8H3/b15-14-,18-17-/t37-,39?,41?/m0/s1. The van der Waals surface area contributed by atoms with E-state index in [4.69, 9.17) is 14.2 Å². The van der Waals surface area contributed by atoms with Crippen LogP contribution in [0.25, 0.3) is 0 Å². The topological polar surface area (TPSA) is 115 Å². The van der Waals surface area contributed by atoms with Gasteiger partial charge in [0.1, 0.15) is 18.5 Å². The normalized spacial score (nSPS) is 13.5. The molecule has 0 fully saturated rings. The van der Waals surface area contributed by atoms with Crippen molar-refractivity contribution in [1.29, 1.82) is 0 Å². The second-order valence-corrected chi connectivity index (χ2v) is 16.3. The zero-order valence-electron chi connectivity index (χ0n) is 36.1. The lowest BCUT2D eigenvalue weighted by molar-refractivity contribution is -0.156. The van der Waals surface area contributed by atoms with Gasteiger partial charge in [0.25, 0.3) is 0 Å². The molecule has 1 aromatic carbocycles. The summed E-state index contributed by atoms with van der Waals surface area (Å²) in [7, 11) is 1.92. The van der Waals surface area contributed by atoms with Gasteiger partial charge in [0.05, 0.1) is 24.5 Å². The van der Waals surface area contributed by atoms with Crippen LogP contribution >= 0.6 is 0 Å². The molecule has 0 aliphatic heterocycles. The summed E-state index contributed by atoms with van der Waals surface area (Å²) in [6, 6.07) is 5.93. The summed E-state index contributed by atoms with van der Waals surface area (Å²) in [5.74, 6) is -1.39. The monoisotopic (exact) mass is 787 g/mol. The van der Waals surface area contributed by atoms with E-state index in [1.807, 2.05) is 71.4 Å². The van der Waals surface area contributed by atoms with Crippen LogP contribution in [-0.2, 0) is 43.9 Å². The molecule has 0 spiro atoms. The van der Waals surface area contributed by atoms with Crippen LogP contribution in [0, 0.1) is 18.8 Å². The molecule has 3 rings (SSSR count). The van der Waals surface area contributed by atoms with Gasteiger partial charge in [0.15, 0.2) is 0 Å². The van der Waals surface area contributed by atoms with Gasteiger partial charge in [-0.2, -0.15) is 0 Å². The van der Waals surface area contributed by atoms with Crippen LogP contribution < -0.4 is 0 Å². The Hall–Kier alpha value is -4.47. The Labute approximate surface area is 342 Å². The zero-order valence-corrected chi connectivity index (χ0v) is 36.1. The Morgan fingerprint density at radius 1 is 0.895 bits per heavy atom. The Morgan fingerprint density at radius 3 is 2.26 bits per heavy atom. The molecule has 3 atom stereocenters. The van der Waals surface area contributed by atoms with Crippen molar-refractivity contribution in [2.24, 2.45) is 18.9 Å². The second kappa shape index (κ2) is 25.0. The minimum Gasteiger partial charge on any atom is -0.465 e. The summed E-state index contributed by atoms with van der Waals surface area (Å²) < 4.78 is 20.6. The van der Waals surface area contributed by atoms with Gasteiger partial charge in [-0.15, -0.1) is 0 Å². The summed E-state index contributed by atoms with van der Waals surface area (Å²) in [6.45, 7) is 14.0. The van der Waals surface area contributed by atoms with Crippen LogP contribution in [0.5, 0.6) is 0 Å². The van der Waals surface area contributed by atoms with E-state index in [0.717, 1.165) is 66.6 Å². The number of aromatic nitrogens is 4. The minimum absolute atomic E-state index is 0.110. The van der Waals surface area contributed by atoms with Gasteiger partial charge in [-0.1, -0.05) is 95.4 Å². The lowest BCUT2D eigenvalue weighted by Crippen LogP contribution is -2.31. The Balaban J connectivity index is 1.50. The fourth-order valence-corrected chi connectivity index (χ4v) is 6.93. The Bertz CT molecular complexity index is 1710. The van der Waals surface area contributed by atoms with Crippen molar-refractivity contribution in [3.05, 3.63) is 95.6 Å². The van der Waals surface area contributed by atoms with Crippen LogP contribution in [0.3, 0.4) is 0 Å². The highest BCUT2D eigenvalue weighted by molar-refractivity contribution is 5.73. The van der Waals surface area contributed by atoms with Gasteiger partial charge in [0.2, 0.25) is 0 Å². The minimum atomic E-state index is -0.613. The SMILES string of the molecule is CCCCC/C=C\C/C=C\CCCCCCCC(=O)OCC(Cc1cncn1C)C(CC)C(=O)OCc1cccc([C@H](C)c2cn(C(=O)OC(C)(C)C)cn2)c1C. The van der Waals surface area contributed by atoms with E-state index >= 15 is 0 Å². The van der Waals surface area contributed by atoms with Crippen LogP contribution in [0.1, 0.15) is 159 Å². The van der Waals surface area contributed by atoms with E-state index in [1.165, 1.54) is 43.0 Å². The first-order valence-corrected chi connectivity index (χ1v) is 21.3. The van der Waals surface area contributed by atoms with Crippen molar-refractivity contribution in [2.45, 2.75) is 156 Å². The van der Waals surface area contributed by atoms with Gasteiger partial charge < -0.3 is 18.8 Å². The van der Waals surface area contributed by atoms with Crippen molar-refractivity contribution in [3.8, 4) is 0 Å². The molecule has 0 saturated carbocycles. The molecule has 2 heterocycles. The number of nitrogens with zero attached hydrogens (tertiary/aromatic N) is 4. The van der Waals surface area contributed by atoms with E-state index in [2.05, 4.69) is 41.2 Å². The number of unbranched alkanes of at least 4 members (excludes halogenated alkanes) is 8. The molecule has 10 heteroatoms. The summed E-state index contributed by atoms with van der Waals surface area (Å²) in [5.41, 5.74) is 3.98. The lowest BCUT2D eigenvalue weighted by atomic mass is 9.87. The second-order valence-electron chi connectivity index (χ2n) is 16.3. The quantitative estimate of drug-likeness (QED) is 0.0361. The maximum atomic E-state index is 13.7. The largest absolute Gasteiger partial charge is 0.465 e. The highest BCUT2D eigenvalue weighted by Crippen LogP contribution is 2.29. The number of esters is 2. The molecule has 3 aromatic rings. The Morgan fingerprint density at radius 2 is 1.60 bits per heavy atom. The van der Waals surface area contributed by atoms with Gasteiger partial charge in [-0.05, 0) is 95.8 Å². The molecule has 0 amide bonds. The van der Waals surface area contributed by atoms with Crippen molar-refractivity contribution in [3.63, 3.8) is 0 Å². The van der Waals surface area contributed by atoms with Crippen LogP contribution in [0.2, 0.25) is 0 Å². The zero-order chi connectivity index (χ0) is 41.6. The molecule has 0 radical (unpaired) electrons. The van der Waals surface area contributed by atoms with Gasteiger partial charge in [0, 0.05) is 43.4 Å². The molecular formula is C47H70N4O6. The highest BCUT2D eigenvalue weighted by Gasteiger charge is 2.31. The molecule has 10 nitrogen and oxygen atoms in total. The summed E-state index contributed by atoms with van der Waals surface area (Å²) in [5, 5.41) is 0. The number of carbonyl (C=O) groups excluding carboxylic acids is 3. The van der Waals surface area contributed by atoms with Crippen molar-refractivity contribution in [2.75, 3.05) is 6.61 Å². The predicted molar refractivity (Wildman–Crippen MR) is 227 cm³/mol. The first-order valence-electron chi connectivity index (χ1n) is 21.3. The molecule has 2 aromatic heterocycles. The molecule has 0 aliphatic rings. The fraction of sp³-hybridized carbons (Fsp3) is 0.596. The molecule has 0 saturated heterocycles. The van der Waals surface area contributed by atoms with E-state index < -0.39 is 17.6 Å². The molecule has 314 valence electrons. The van der Waals surface area contributed by atoms with E-state index in [-0.39, 0.29) is 37.0 Å². The van der Waals surface area contributed by atoms with Gasteiger partial charge in [-0.3, -0.25) is 9.59 Å². The molecule has 0 N–H and O–H groups in total. The number of aryl methyl sites for hydroxylation is 1. The number of hydrogen-bond acceptors (Lipinski definition) is 8. The van der Waals surface area contributed by atoms with Crippen molar-refractivity contribution >= 4 is 18.0 Å². The third-order valence-corrected chi connectivity index (χ3v) is 10.5. The van der Waals surface area contributed by atoms with E-state index in [0.29, 0.717) is 19.3 Å². The molecule has 0 aliphatic carbocycles. The number of benzene rings is 1. The number of allylic oxidation sites excluding steroid dienone is 4. The number of imidazole rings is 2. The molecule has 57 heavy (non-hydrogen) atoms. The molecule has 0 bridgehead atoms. The lowest BCUT2D eigenvalue weighted by Gasteiger charge is -2.25. The first kappa shape index (κ1) is 46.9. The Kier molecular flexibility index (Phi) is 20.6. The summed E-state index contributed by atoms with van der Waals surface area (Å²) in [6.07, 6.45) is 29.1. The van der Waals surface area contributed by atoms with Gasteiger partial charge in [-0.25, -0.2) is 19.3 Å². The summed E-state index contributed by atoms with van der Waals surface area (Å²) in [4.78, 5) is 47.9. The van der Waals surface area contributed by atoms with Crippen LogP contribution in [-0.4, -0.2) is 49.3 Å². The van der Waals surface area contributed by atoms with E-state index in [1.54, 1.807) is 18.7 Å². The average molecular weight is 787 g/mol. The number of carbonyl (C=O) groups is 3. The predicted octanol–water partition coefficient (Wildman–Crippen LogP) is 11.1. The molecular weight excluding hydrogens is 717 g/mol. The number of ether oxygens (including phenoxy) is 3. The average Bonchev–Trinajstić information content (AvgIpc) is 3.83. The number of rotatable bonds is 25. The molecule has 2 unspecified atom stereocenters. The maximum Gasteiger partial charge on any atom is 0.419 e. The number of hydrogen-bond donors (Lipinski definition) is 0. The first-order chi connectivity index (χ1) is 27.3. The van der Waals surface area contributed by atoms with Crippen molar-refractivity contribution in [1.82, 2.24) is 19.1 Å². The highest BCUT2D eigenvalue weighted by atomic mass is 16.6. The van der Waals surface area contributed by atoms with E-state index in [9.17, 15) is 14.4 Å². The maximum absolute atomic E-state index is 13.7. The third-order valence-electron chi connectivity index (χ3n) is 10.5. The van der Waals surface area contributed by atoms with Crippen LogP contribution in [0.4, 0.5) is 4.79 Å². The fourth-order valence-electron chi connectivity index (χ4n) is 6.93. The summed E-state index contributed by atoms with van der Waals surface area (Å²) >= 11 is 0. The van der Waals surface area contributed by atoms with Crippen LogP contribution in [0.15, 0.2) is 67.6 Å². The smallest absolute Gasteiger partial charge is 0.419 e. The third kappa shape index (κ3) is 16.9. The van der Waals surface area contributed by atoms with Gasteiger partial charge >= 0.3 is 18.0 Å².